The topological polar surface area (TPSA) is 74.8 Å². The molecule has 0 saturated heterocycles. The first-order valence-corrected chi connectivity index (χ1v) is 8.60. The van der Waals surface area contributed by atoms with Crippen LogP contribution in [0.25, 0.3) is 10.6 Å². The summed E-state index contributed by atoms with van der Waals surface area (Å²) in [4.78, 5) is 0.809. The molecule has 0 spiro atoms. The highest BCUT2D eigenvalue weighted by atomic mass is 35.5. The van der Waals surface area contributed by atoms with Gasteiger partial charge in [-0.1, -0.05) is 11.6 Å². The van der Waals surface area contributed by atoms with E-state index in [1.54, 1.807) is 48.7 Å². The molecule has 0 aliphatic rings. The summed E-state index contributed by atoms with van der Waals surface area (Å²) in [5.41, 5.74) is 1.25. The first-order chi connectivity index (χ1) is 10.0. The minimum Gasteiger partial charge on any atom is -0.279 e. The van der Waals surface area contributed by atoms with Gasteiger partial charge < -0.3 is 0 Å². The lowest BCUT2D eigenvalue weighted by molar-refractivity contribution is 0.603. The van der Waals surface area contributed by atoms with Gasteiger partial charge in [0.2, 0.25) is 0 Å². The van der Waals surface area contributed by atoms with E-state index in [0.29, 0.717) is 10.7 Å². The van der Waals surface area contributed by atoms with E-state index in [4.69, 9.17) is 11.6 Å². The van der Waals surface area contributed by atoms with Gasteiger partial charge in [0, 0.05) is 16.9 Å². The molecule has 2 heterocycles. The number of nitrogens with zero attached hydrogens (tertiary/aromatic N) is 1. The number of aromatic amines is 1. The van der Waals surface area contributed by atoms with Gasteiger partial charge in [-0.15, -0.1) is 11.3 Å². The maximum Gasteiger partial charge on any atom is 0.271 e. The number of sulfonamides is 1. The second-order valence-corrected chi connectivity index (χ2v) is 7.63. The Morgan fingerprint density at radius 3 is 2.52 bits per heavy atom. The van der Waals surface area contributed by atoms with Crippen molar-refractivity contribution in [3.8, 4) is 10.6 Å². The lowest BCUT2D eigenvalue weighted by Crippen LogP contribution is -2.11. The number of H-pyrrole nitrogens is 1. The second kappa shape index (κ2) is 5.51. The largest absolute Gasteiger partial charge is 0.279 e. The third kappa shape index (κ3) is 3.10. The minimum atomic E-state index is -3.61. The number of hydrogen-bond donors (Lipinski definition) is 2. The van der Waals surface area contributed by atoms with Crippen LogP contribution in [0.15, 0.2) is 52.9 Å². The van der Waals surface area contributed by atoms with Crippen molar-refractivity contribution in [2.75, 3.05) is 4.72 Å². The fraction of sp³-hybridized carbons (Fsp3) is 0. The third-order valence-corrected chi connectivity index (χ3v) is 5.95. The molecule has 5 nitrogen and oxygen atoms in total. The van der Waals surface area contributed by atoms with Crippen LogP contribution in [-0.4, -0.2) is 18.6 Å². The van der Waals surface area contributed by atoms with Gasteiger partial charge in [0.15, 0.2) is 0 Å². The molecule has 0 saturated carbocycles. The number of thiophene rings is 1. The highest BCUT2D eigenvalue weighted by Crippen LogP contribution is 2.30. The van der Waals surface area contributed by atoms with Crippen molar-refractivity contribution in [2.45, 2.75) is 4.21 Å². The summed E-state index contributed by atoms with van der Waals surface area (Å²) >= 11 is 6.95. The van der Waals surface area contributed by atoms with Gasteiger partial charge in [0.05, 0.1) is 10.6 Å². The maximum absolute atomic E-state index is 12.3. The number of benzene rings is 1. The summed E-state index contributed by atoms with van der Waals surface area (Å²) in [7, 11) is -3.61. The molecule has 0 amide bonds. The van der Waals surface area contributed by atoms with Crippen LogP contribution in [0.1, 0.15) is 0 Å². The molecule has 2 N–H and O–H groups in total. The summed E-state index contributed by atoms with van der Waals surface area (Å²) in [6.07, 6.45) is 1.62. The van der Waals surface area contributed by atoms with E-state index in [9.17, 15) is 8.42 Å². The van der Waals surface area contributed by atoms with Crippen molar-refractivity contribution in [1.29, 1.82) is 0 Å². The quantitative estimate of drug-likeness (QED) is 0.762. The first-order valence-electron chi connectivity index (χ1n) is 5.92. The Labute approximate surface area is 130 Å². The van der Waals surface area contributed by atoms with Crippen LogP contribution in [-0.2, 0) is 10.0 Å². The molecule has 0 unspecified atom stereocenters. The molecule has 0 aliphatic heterocycles. The molecule has 0 atom stereocenters. The molecule has 2 aromatic heterocycles. The summed E-state index contributed by atoms with van der Waals surface area (Å²) in [6, 6.07) is 11.6. The SMILES string of the molecule is O=S(=O)(Nc1ccc(Cl)cc1)c1ccc(-c2ccn[nH]2)s1. The van der Waals surface area contributed by atoms with Gasteiger partial charge >= 0.3 is 0 Å². The van der Waals surface area contributed by atoms with Gasteiger partial charge in [0.25, 0.3) is 10.0 Å². The molecular weight excluding hydrogens is 330 g/mol. The minimum absolute atomic E-state index is 0.238. The zero-order chi connectivity index (χ0) is 14.9. The van der Waals surface area contributed by atoms with Crippen molar-refractivity contribution < 1.29 is 8.42 Å². The maximum atomic E-state index is 12.3. The van der Waals surface area contributed by atoms with Gasteiger partial charge in [-0.25, -0.2) is 8.42 Å². The number of anilines is 1. The fourth-order valence-corrected chi connectivity index (χ4v) is 4.19. The van der Waals surface area contributed by atoms with E-state index in [-0.39, 0.29) is 4.21 Å². The van der Waals surface area contributed by atoms with Gasteiger partial charge in [-0.05, 0) is 42.5 Å². The van der Waals surface area contributed by atoms with Crippen molar-refractivity contribution in [3.63, 3.8) is 0 Å². The van der Waals surface area contributed by atoms with Crippen LogP contribution in [0.3, 0.4) is 0 Å². The molecule has 0 aliphatic carbocycles. The van der Waals surface area contributed by atoms with Crippen LogP contribution >= 0.6 is 22.9 Å². The highest BCUT2D eigenvalue weighted by Gasteiger charge is 2.17. The highest BCUT2D eigenvalue weighted by molar-refractivity contribution is 7.94. The van der Waals surface area contributed by atoms with Gasteiger partial charge in [-0.2, -0.15) is 5.10 Å². The molecule has 0 bridgehead atoms. The Hall–Kier alpha value is -1.83. The number of rotatable bonds is 4. The lowest BCUT2D eigenvalue weighted by atomic mass is 10.3. The Morgan fingerprint density at radius 1 is 1.10 bits per heavy atom. The molecule has 108 valence electrons. The van der Waals surface area contributed by atoms with Gasteiger partial charge in [-0.3, -0.25) is 9.82 Å². The summed E-state index contributed by atoms with van der Waals surface area (Å²) in [5, 5.41) is 7.21. The van der Waals surface area contributed by atoms with E-state index in [1.807, 2.05) is 0 Å². The van der Waals surface area contributed by atoms with E-state index >= 15 is 0 Å². The first kappa shape index (κ1) is 14.1. The number of halogens is 1. The molecule has 8 heteroatoms. The number of aromatic nitrogens is 2. The Balaban J connectivity index is 1.87. The third-order valence-electron chi connectivity index (χ3n) is 2.71. The lowest BCUT2D eigenvalue weighted by Gasteiger charge is -2.05. The standard InChI is InChI=1S/C13H10ClN3O2S2/c14-9-1-3-10(4-2-9)17-21(18,19)13-6-5-12(20-13)11-7-8-15-16-11/h1-8,17H,(H,15,16). The summed E-state index contributed by atoms with van der Waals surface area (Å²) in [6.45, 7) is 0. The van der Waals surface area contributed by atoms with Gasteiger partial charge in [0.1, 0.15) is 4.21 Å². The Morgan fingerprint density at radius 2 is 1.86 bits per heavy atom. The molecule has 3 rings (SSSR count). The number of nitrogens with one attached hydrogen (secondary N) is 2. The van der Waals surface area contributed by atoms with Crippen molar-refractivity contribution in [3.05, 3.63) is 53.7 Å². The van der Waals surface area contributed by atoms with Crippen LogP contribution in [0.4, 0.5) is 5.69 Å². The molecule has 0 radical (unpaired) electrons. The summed E-state index contributed by atoms with van der Waals surface area (Å²) in [5.74, 6) is 0. The second-order valence-electron chi connectivity index (χ2n) is 4.20. The molecule has 0 fully saturated rings. The van der Waals surface area contributed by atoms with Crippen molar-refractivity contribution in [2.24, 2.45) is 0 Å². The van der Waals surface area contributed by atoms with Crippen LogP contribution in [0.2, 0.25) is 5.02 Å². The van der Waals surface area contributed by atoms with Crippen molar-refractivity contribution in [1.82, 2.24) is 10.2 Å². The van der Waals surface area contributed by atoms with E-state index in [2.05, 4.69) is 14.9 Å². The molecular formula is C13H10ClN3O2S2. The predicted molar refractivity (Wildman–Crippen MR) is 84.2 cm³/mol. The Kier molecular flexibility index (Phi) is 3.71. The number of hydrogen-bond acceptors (Lipinski definition) is 4. The van der Waals surface area contributed by atoms with Crippen LogP contribution in [0.5, 0.6) is 0 Å². The molecule has 3 aromatic rings. The monoisotopic (exact) mass is 339 g/mol. The Bertz CT molecular complexity index is 840. The average molecular weight is 340 g/mol. The van der Waals surface area contributed by atoms with E-state index < -0.39 is 10.0 Å². The van der Waals surface area contributed by atoms with E-state index in [1.165, 1.54) is 11.3 Å². The van der Waals surface area contributed by atoms with E-state index in [0.717, 1.165) is 10.6 Å². The van der Waals surface area contributed by atoms with Crippen LogP contribution < -0.4 is 4.72 Å². The smallest absolute Gasteiger partial charge is 0.271 e. The zero-order valence-electron chi connectivity index (χ0n) is 10.6. The average Bonchev–Trinajstić information content (AvgIpc) is 3.11. The van der Waals surface area contributed by atoms with Crippen molar-refractivity contribution >= 4 is 38.6 Å². The molecule has 21 heavy (non-hydrogen) atoms. The van der Waals surface area contributed by atoms with Crippen LogP contribution in [0, 0.1) is 0 Å². The predicted octanol–water partition coefficient (Wildman–Crippen LogP) is 3.59. The zero-order valence-corrected chi connectivity index (χ0v) is 13.0. The fourth-order valence-electron chi connectivity index (χ4n) is 1.73. The molecule has 1 aromatic carbocycles. The summed E-state index contributed by atoms with van der Waals surface area (Å²) < 4.78 is 27.4. The normalized spacial score (nSPS) is 11.5.